The normalized spacial score (nSPS) is 13.4. The number of urea groups is 1. The summed E-state index contributed by atoms with van der Waals surface area (Å²) in [6.07, 6.45) is 0.883. The molecule has 1 aromatic carbocycles. The zero-order valence-electron chi connectivity index (χ0n) is 13.4. The molecule has 2 unspecified atom stereocenters. The summed E-state index contributed by atoms with van der Waals surface area (Å²) in [7, 11) is 0. The summed E-state index contributed by atoms with van der Waals surface area (Å²) in [6, 6.07) is 12.0. The molecule has 5 heteroatoms. The molecule has 3 N–H and O–H groups in total. The van der Waals surface area contributed by atoms with E-state index in [1.165, 1.54) is 5.56 Å². The van der Waals surface area contributed by atoms with E-state index in [9.17, 15) is 4.79 Å². The molecule has 2 rings (SSSR count). The number of aryl methyl sites for hydroxylation is 1. The van der Waals surface area contributed by atoms with Crippen molar-refractivity contribution >= 4 is 6.03 Å². The third-order valence-corrected chi connectivity index (χ3v) is 3.92. The van der Waals surface area contributed by atoms with Crippen molar-refractivity contribution in [1.29, 1.82) is 0 Å². The fraction of sp³-hybridized carbons (Fsp3) is 0.412. The van der Waals surface area contributed by atoms with Crippen molar-refractivity contribution in [3.05, 3.63) is 53.3 Å². The first-order valence-corrected chi connectivity index (χ1v) is 7.72. The van der Waals surface area contributed by atoms with E-state index in [2.05, 4.69) is 39.9 Å². The van der Waals surface area contributed by atoms with Crippen LogP contribution in [0.15, 0.2) is 36.4 Å². The number of nitrogens with one attached hydrogen (secondary N) is 3. The van der Waals surface area contributed by atoms with Gasteiger partial charge in [0.25, 0.3) is 0 Å². The maximum Gasteiger partial charge on any atom is 0.315 e. The van der Waals surface area contributed by atoms with Crippen LogP contribution in [0.2, 0.25) is 0 Å². The van der Waals surface area contributed by atoms with Crippen molar-refractivity contribution in [3.63, 3.8) is 0 Å². The number of H-pyrrole nitrogens is 1. The van der Waals surface area contributed by atoms with Crippen LogP contribution in [0.3, 0.4) is 0 Å². The monoisotopic (exact) mass is 300 g/mol. The molecule has 0 radical (unpaired) electrons. The Kier molecular flexibility index (Phi) is 5.58. The summed E-state index contributed by atoms with van der Waals surface area (Å²) in [5, 5.41) is 12.9. The van der Waals surface area contributed by atoms with Crippen molar-refractivity contribution in [2.24, 2.45) is 0 Å². The van der Waals surface area contributed by atoms with Crippen LogP contribution in [0.1, 0.15) is 43.6 Å². The molecule has 0 aliphatic heterocycles. The van der Waals surface area contributed by atoms with Crippen molar-refractivity contribution in [3.8, 4) is 0 Å². The molecule has 1 aromatic heterocycles. The van der Waals surface area contributed by atoms with Crippen LogP contribution in [-0.4, -0.2) is 22.3 Å². The number of aromatic nitrogens is 2. The van der Waals surface area contributed by atoms with E-state index in [1.807, 2.05) is 38.1 Å². The predicted octanol–water partition coefficient (Wildman–Crippen LogP) is 2.96. The lowest BCUT2D eigenvalue weighted by molar-refractivity contribution is 0.235. The fourth-order valence-corrected chi connectivity index (χ4v) is 2.28. The number of rotatable bonds is 6. The summed E-state index contributed by atoms with van der Waals surface area (Å²) in [4.78, 5) is 12.0. The van der Waals surface area contributed by atoms with Crippen molar-refractivity contribution in [2.75, 3.05) is 0 Å². The molecule has 0 aliphatic rings. The van der Waals surface area contributed by atoms with E-state index in [-0.39, 0.29) is 18.0 Å². The lowest BCUT2D eigenvalue weighted by Crippen LogP contribution is -2.42. The molecule has 2 amide bonds. The van der Waals surface area contributed by atoms with Crippen LogP contribution in [0, 0.1) is 0 Å². The molecule has 22 heavy (non-hydrogen) atoms. The summed E-state index contributed by atoms with van der Waals surface area (Å²) in [5.74, 6) is 0.255. The van der Waals surface area contributed by atoms with Crippen LogP contribution in [0.25, 0.3) is 0 Å². The summed E-state index contributed by atoms with van der Waals surface area (Å²) < 4.78 is 0. The van der Waals surface area contributed by atoms with Gasteiger partial charge < -0.3 is 10.6 Å². The minimum Gasteiger partial charge on any atom is -0.335 e. The number of benzene rings is 1. The fourth-order valence-electron chi connectivity index (χ4n) is 2.28. The van der Waals surface area contributed by atoms with Gasteiger partial charge in [0, 0.05) is 12.0 Å². The van der Waals surface area contributed by atoms with Gasteiger partial charge in [0.15, 0.2) is 0 Å². The number of carbonyl (C=O) groups excluding carboxylic acids is 1. The summed E-state index contributed by atoms with van der Waals surface area (Å²) >= 11 is 0. The molecule has 0 bridgehead atoms. The quantitative estimate of drug-likeness (QED) is 0.767. The van der Waals surface area contributed by atoms with Gasteiger partial charge >= 0.3 is 6.03 Å². The largest absolute Gasteiger partial charge is 0.335 e. The minimum atomic E-state index is -0.164. The third kappa shape index (κ3) is 4.35. The second-order valence-corrected chi connectivity index (χ2v) is 5.55. The van der Waals surface area contributed by atoms with Gasteiger partial charge in [-0.3, -0.25) is 5.10 Å². The van der Waals surface area contributed by atoms with E-state index >= 15 is 0 Å². The topological polar surface area (TPSA) is 69.8 Å². The van der Waals surface area contributed by atoms with Crippen LogP contribution >= 0.6 is 0 Å². The second-order valence-electron chi connectivity index (χ2n) is 5.55. The Morgan fingerprint density at radius 3 is 2.64 bits per heavy atom. The zero-order chi connectivity index (χ0) is 15.9. The number of hydrogen-bond acceptors (Lipinski definition) is 2. The molecule has 2 atom stereocenters. The Bertz CT molecular complexity index is 594. The van der Waals surface area contributed by atoms with Gasteiger partial charge in [-0.05, 0) is 25.0 Å². The van der Waals surface area contributed by atoms with Crippen molar-refractivity contribution in [2.45, 2.75) is 45.7 Å². The summed E-state index contributed by atoms with van der Waals surface area (Å²) in [6.45, 7) is 6.63. The Labute approximate surface area is 131 Å². The molecule has 118 valence electrons. The molecule has 1 heterocycles. The molecular formula is C17H24N4O. The molecule has 0 aliphatic carbocycles. The molecule has 0 fully saturated rings. The third-order valence-electron chi connectivity index (χ3n) is 3.92. The van der Waals surface area contributed by atoms with Gasteiger partial charge in [-0.2, -0.15) is 5.10 Å². The van der Waals surface area contributed by atoms with Crippen molar-refractivity contribution in [1.82, 2.24) is 20.8 Å². The highest BCUT2D eigenvalue weighted by Crippen LogP contribution is 2.18. The van der Waals surface area contributed by atoms with Crippen LogP contribution < -0.4 is 10.6 Å². The lowest BCUT2D eigenvalue weighted by Gasteiger charge is -2.21. The number of nitrogens with zero attached hydrogens (tertiary/aromatic N) is 1. The number of aromatic amines is 1. The molecule has 2 aromatic rings. The molecular weight excluding hydrogens is 276 g/mol. The minimum absolute atomic E-state index is 0.0513. The highest BCUT2D eigenvalue weighted by molar-refractivity contribution is 5.74. The first-order chi connectivity index (χ1) is 10.6. The zero-order valence-corrected chi connectivity index (χ0v) is 13.4. The Balaban J connectivity index is 1.81. The predicted molar refractivity (Wildman–Crippen MR) is 87.7 cm³/mol. The van der Waals surface area contributed by atoms with E-state index in [4.69, 9.17) is 0 Å². The maximum absolute atomic E-state index is 12.0. The first kappa shape index (κ1) is 16.1. The molecule has 0 saturated carbocycles. The number of carbonyl (C=O) groups is 1. The van der Waals surface area contributed by atoms with E-state index in [1.54, 1.807) is 0 Å². The first-order valence-electron chi connectivity index (χ1n) is 7.72. The molecule has 5 nitrogen and oxygen atoms in total. The van der Waals surface area contributed by atoms with E-state index in [0.29, 0.717) is 6.54 Å². The Hall–Kier alpha value is -2.30. The highest BCUT2D eigenvalue weighted by Gasteiger charge is 2.16. The Morgan fingerprint density at radius 2 is 2.00 bits per heavy atom. The summed E-state index contributed by atoms with van der Waals surface area (Å²) in [5.41, 5.74) is 3.13. The van der Waals surface area contributed by atoms with E-state index < -0.39 is 0 Å². The van der Waals surface area contributed by atoms with Gasteiger partial charge in [0.05, 0.1) is 17.9 Å². The number of amides is 2. The molecule has 0 spiro atoms. The average molecular weight is 300 g/mol. The Morgan fingerprint density at radius 1 is 1.27 bits per heavy atom. The van der Waals surface area contributed by atoms with Gasteiger partial charge in [-0.15, -0.1) is 0 Å². The van der Waals surface area contributed by atoms with Gasteiger partial charge in [-0.1, -0.05) is 44.2 Å². The smallest absolute Gasteiger partial charge is 0.315 e. The number of hydrogen-bond donors (Lipinski definition) is 3. The van der Waals surface area contributed by atoms with Gasteiger partial charge in [-0.25, -0.2) is 4.79 Å². The average Bonchev–Trinajstić information content (AvgIpc) is 3.01. The standard InChI is InChI=1S/C17H24N4O/c1-4-15-10-16(21-20-15)11-18-17(22)19-13(3)12(2)14-8-6-5-7-9-14/h5-10,12-13H,4,11H2,1-3H3,(H,20,21)(H2,18,19,22). The van der Waals surface area contributed by atoms with Crippen LogP contribution in [0.5, 0.6) is 0 Å². The maximum atomic E-state index is 12.0. The van der Waals surface area contributed by atoms with Crippen LogP contribution in [0.4, 0.5) is 4.79 Å². The van der Waals surface area contributed by atoms with Gasteiger partial charge in [0.1, 0.15) is 0 Å². The highest BCUT2D eigenvalue weighted by atomic mass is 16.2. The van der Waals surface area contributed by atoms with Crippen LogP contribution in [-0.2, 0) is 13.0 Å². The van der Waals surface area contributed by atoms with E-state index in [0.717, 1.165) is 17.8 Å². The van der Waals surface area contributed by atoms with Crippen molar-refractivity contribution < 1.29 is 4.79 Å². The second kappa shape index (κ2) is 7.64. The molecule has 0 saturated heterocycles. The lowest BCUT2D eigenvalue weighted by atomic mass is 9.95. The van der Waals surface area contributed by atoms with Gasteiger partial charge in [0.2, 0.25) is 0 Å². The SMILES string of the molecule is CCc1cc(CNC(=O)NC(C)C(C)c2ccccc2)[nH]n1.